The van der Waals surface area contributed by atoms with Crippen LogP contribution in [-0.2, 0) is 16.6 Å². The van der Waals surface area contributed by atoms with Crippen LogP contribution in [0.15, 0.2) is 12.1 Å². The van der Waals surface area contributed by atoms with Crippen molar-refractivity contribution >= 4 is 6.09 Å². The lowest BCUT2D eigenvalue weighted by molar-refractivity contribution is 0.0512. The summed E-state index contributed by atoms with van der Waals surface area (Å²) in [4.78, 5) is 11.9. The molecule has 5 heteroatoms. The monoisotopic (exact) mass is 349 g/mol. The molecular weight excluding hydrogens is 318 g/mol. The Morgan fingerprint density at radius 1 is 1.20 bits per heavy atom. The highest BCUT2D eigenvalue weighted by Crippen LogP contribution is 2.53. The van der Waals surface area contributed by atoms with Gasteiger partial charge in [0.05, 0.1) is 0 Å². The van der Waals surface area contributed by atoms with Crippen molar-refractivity contribution in [3.05, 3.63) is 23.3 Å². The number of hydrogen-bond acceptors (Lipinski definition) is 4. The minimum Gasteiger partial charge on any atom is -0.504 e. The summed E-state index contributed by atoms with van der Waals surface area (Å²) >= 11 is 0. The van der Waals surface area contributed by atoms with Crippen molar-refractivity contribution in [1.29, 1.82) is 0 Å². The molecule has 1 aliphatic rings. The third kappa shape index (κ3) is 4.02. The van der Waals surface area contributed by atoms with Crippen molar-refractivity contribution in [2.24, 2.45) is 5.41 Å². The number of phenols is 2. The zero-order chi connectivity index (χ0) is 19.0. The largest absolute Gasteiger partial charge is 0.504 e. The number of aryl methyl sites for hydroxylation is 1. The van der Waals surface area contributed by atoms with Crippen LogP contribution in [0.2, 0.25) is 0 Å². The van der Waals surface area contributed by atoms with Crippen LogP contribution in [0, 0.1) is 5.41 Å². The lowest BCUT2D eigenvalue weighted by Crippen LogP contribution is -2.46. The molecule has 1 aromatic carbocycles. The van der Waals surface area contributed by atoms with Gasteiger partial charge in [0.1, 0.15) is 5.60 Å². The molecule has 1 amide bonds. The summed E-state index contributed by atoms with van der Waals surface area (Å²) < 4.78 is 5.29. The number of amides is 1. The predicted octanol–water partition coefficient (Wildman–Crippen LogP) is 4.24. The van der Waals surface area contributed by atoms with Gasteiger partial charge in [-0.15, -0.1) is 0 Å². The van der Waals surface area contributed by atoms with Crippen LogP contribution in [-0.4, -0.2) is 28.5 Å². The summed E-state index contributed by atoms with van der Waals surface area (Å²) in [6, 6.07) is 3.35. The van der Waals surface area contributed by atoms with E-state index in [9.17, 15) is 15.0 Å². The van der Waals surface area contributed by atoms with Crippen LogP contribution in [0.4, 0.5) is 4.79 Å². The molecule has 1 unspecified atom stereocenters. The zero-order valence-corrected chi connectivity index (χ0v) is 16.2. The fraction of sp³-hybridized carbons (Fsp3) is 0.650. The van der Waals surface area contributed by atoms with E-state index in [1.807, 2.05) is 20.8 Å². The smallest absolute Gasteiger partial charge is 0.407 e. The van der Waals surface area contributed by atoms with Crippen molar-refractivity contribution in [2.75, 3.05) is 6.54 Å². The maximum atomic E-state index is 11.9. The Bertz CT molecular complexity index is 660. The predicted molar refractivity (Wildman–Crippen MR) is 98.1 cm³/mol. The summed E-state index contributed by atoms with van der Waals surface area (Å²) in [5.74, 6) is -0.171. The van der Waals surface area contributed by atoms with Gasteiger partial charge in [-0.3, -0.25) is 0 Å². The molecule has 5 nitrogen and oxygen atoms in total. The summed E-state index contributed by atoms with van der Waals surface area (Å²) in [7, 11) is 0. The van der Waals surface area contributed by atoms with Gasteiger partial charge >= 0.3 is 6.09 Å². The highest BCUT2D eigenvalue weighted by molar-refractivity contribution is 5.67. The number of carbonyl (C=O) groups is 1. The molecule has 0 heterocycles. The highest BCUT2D eigenvalue weighted by atomic mass is 16.6. The van der Waals surface area contributed by atoms with Gasteiger partial charge in [0.15, 0.2) is 11.5 Å². The number of rotatable bonds is 3. The fourth-order valence-electron chi connectivity index (χ4n) is 3.63. The molecule has 0 radical (unpaired) electrons. The maximum absolute atomic E-state index is 11.9. The van der Waals surface area contributed by atoms with E-state index in [-0.39, 0.29) is 22.3 Å². The molecule has 0 saturated carbocycles. The summed E-state index contributed by atoms with van der Waals surface area (Å²) in [6.45, 7) is 12.6. The third-order valence-electron chi connectivity index (χ3n) is 5.60. The van der Waals surface area contributed by atoms with Crippen LogP contribution >= 0.6 is 0 Å². The second-order valence-corrected chi connectivity index (χ2v) is 8.89. The molecule has 2 rings (SSSR count). The van der Waals surface area contributed by atoms with Crippen LogP contribution in [0.5, 0.6) is 11.5 Å². The molecule has 0 saturated heterocycles. The number of hydrogen-bond donors (Lipinski definition) is 3. The first-order valence-electron chi connectivity index (χ1n) is 8.88. The van der Waals surface area contributed by atoms with E-state index in [2.05, 4.69) is 26.1 Å². The number of carbonyl (C=O) groups excluding carboxylic acids is 1. The zero-order valence-electron chi connectivity index (χ0n) is 16.2. The van der Waals surface area contributed by atoms with E-state index in [1.54, 1.807) is 12.1 Å². The normalized spacial score (nSPS) is 22.2. The van der Waals surface area contributed by atoms with Crippen LogP contribution < -0.4 is 5.32 Å². The maximum Gasteiger partial charge on any atom is 0.407 e. The standard InChI is InChI=1S/C20H31NO4/c1-18(2,3)25-17(24)21-10-9-20(6)14-12-16(23)15(22)11-13(14)7-8-19(20,4)5/h11-12,22-23H,7-10H2,1-6H3,(H,21,24). The number of phenolic OH excluding ortho intramolecular Hbond substituents is 2. The topological polar surface area (TPSA) is 78.8 Å². The van der Waals surface area contributed by atoms with Crippen LogP contribution in [0.3, 0.4) is 0 Å². The molecule has 140 valence electrons. The summed E-state index contributed by atoms with van der Waals surface area (Å²) in [6.07, 6.45) is 2.15. The Labute approximate surface area is 150 Å². The van der Waals surface area contributed by atoms with E-state index in [0.717, 1.165) is 30.4 Å². The molecule has 1 atom stereocenters. The Kier molecular flexibility index (Phi) is 4.99. The third-order valence-corrected chi connectivity index (χ3v) is 5.60. The molecular formula is C20H31NO4. The molecule has 3 N–H and O–H groups in total. The van der Waals surface area contributed by atoms with Crippen LogP contribution in [0.1, 0.15) is 65.5 Å². The molecule has 0 bridgehead atoms. The van der Waals surface area contributed by atoms with Gasteiger partial charge in [-0.25, -0.2) is 4.79 Å². The quantitative estimate of drug-likeness (QED) is 0.713. The number of nitrogens with one attached hydrogen (secondary N) is 1. The fourth-order valence-corrected chi connectivity index (χ4v) is 3.63. The van der Waals surface area contributed by atoms with Gasteiger partial charge in [-0.1, -0.05) is 20.8 Å². The van der Waals surface area contributed by atoms with E-state index in [1.165, 1.54) is 0 Å². The van der Waals surface area contributed by atoms with Gasteiger partial charge in [-0.2, -0.15) is 0 Å². The molecule has 1 aliphatic carbocycles. The first-order chi connectivity index (χ1) is 11.4. The second kappa shape index (κ2) is 6.43. The number of aromatic hydroxyl groups is 2. The van der Waals surface area contributed by atoms with Crippen molar-refractivity contribution in [2.45, 2.75) is 71.8 Å². The number of fused-ring (bicyclic) bond motifs is 1. The van der Waals surface area contributed by atoms with Crippen molar-refractivity contribution in [3.8, 4) is 11.5 Å². The Morgan fingerprint density at radius 2 is 1.80 bits per heavy atom. The Hall–Kier alpha value is -1.91. The lowest BCUT2D eigenvalue weighted by Gasteiger charge is -2.49. The van der Waals surface area contributed by atoms with E-state index >= 15 is 0 Å². The van der Waals surface area contributed by atoms with E-state index < -0.39 is 11.7 Å². The molecule has 0 fully saturated rings. The molecule has 0 aromatic heterocycles. The van der Waals surface area contributed by atoms with Gasteiger partial charge in [0.2, 0.25) is 0 Å². The van der Waals surface area contributed by atoms with Crippen molar-refractivity contribution < 1.29 is 19.7 Å². The van der Waals surface area contributed by atoms with Crippen LogP contribution in [0.25, 0.3) is 0 Å². The van der Waals surface area contributed by atoms with Gasteiger partial charge in [0, 0.05) is 6.54 Å². The first kappa shape index (κ1) is 19.4. The molecule has 0 spiro atoms. The van der Waals surface area contributed by atoms with Crippen molar-refractivity contribution in [3.63, 3.8) is 0 Å². The highest BCUT2D eigenvalue weighted by Gasteiger charge is 2.46. The summed E-state index contributed by atoms with van der Waals surface area (Å²) in [5.41, 5.74) is 1.35. The summed E-state index contributed by atoms with van der Waals surface area (Å²) in [5, 5.41) is 22.6. The molecule has 0 aliphatic heterocycles. The number of alkyl carbamates (subject to hydrolysis) is 1. The minimum absolute atomic E-state index is 0.000968. The van der Waals surface area contributed by atoms with Gasteiger partial charge < -0.3 is 20.3 Å². The molecule has 1 aromatic rings. The average molecular weight is 349 g/mol. The first-order valence-corrected chi connectivity index (χ1v) is 8.88. The van der Waals surface area contributed by atoms with Gasteiger partial charge in [0.25, 0.3) is 0 Å². The average Bonchev–Trinajstić information content (AvgIpc) is 2.44. The van der Waals surface area contributed by atoms with E-state index in [4.69, 9.17) is 4.74 Å². The Balaban J connectivity index is 2.20. The van der Waals surface area contributed by atoms with Crippen molar-refractivity contribution in [1.82, 2.24) is 5.32 Å². The Morgan fingerprint density at radius 3 is 2.40 bits per heavy atom. The molecule has 25 heavy (non-hydrogen) atoms. The number of ether oxygens (including phenoxy) is 1. The van der Waals surface area contributed by atoms with Gasteiger partial charge in [-0.05, 0) is 74.1 Å². The number of benzene rings is 1. The second-order valence-electron chi connectivity index (χ2n) is 8.89. The lowest BCUT2D eigenvalue weighted by atomic mass is 9.55. The minimum atomic E-state index is -0.520. The SMILES string of the molecule is CC(C)(C)OC(=O)NCCC1(C)c2cc(O)c(O)cc2CCC1(C)C. The van der Waals surface area contributed by atoms with E-state index in [0.29, 0.717) is 6.54 Å².